The molecule has 0 amide bonds. The number of nitrogens with zero attached hydrogens (tertiary/aromatic N) is 4. The van der Waals surface area contributed by atoms with E-state index in [1.54, 1.807) is 0 Å². The largest absolute Gasteiger partial charge is 0.493 e. The molecule has 0 saturated heterocycles. The number of benzene rings is 2. The summed E-state index contributed by atoms with van der Waals surface area (Å²) in [6.07, 6.45) is 1.20. The molecule has 2 aromatic carbocycles. The summed E-state index contributed by atoms with van der Waals surface area (Å²) in [5, 5.41) is 15.1. The Balaban J connectivity index is 1.37. The van der Waals surface area contributed by atoms with Crippen LogP contribution in [0.2, 0.25) is 0 Å². The average Bonchev–Trinajstić information content (AvgIpc) is 3.25. The van der Waals surface area contributed by atoms with Gasteiger partial charge in [0.25, 0.3) is 0 Å². The molecule has 2 heterocycles. The molecular formula is C21H21N5O2. The van der Waals surface area contributed by atoms with E-state index in [-0.39, 0.29) is 6.10 Å². The normalized spacial score (nSPS) is 12.1. The summed E-state index contributed by atoms with van der Waals surface area (Å²) in [6.45, 7) is 0.962. The lowest BCUT2D eigenvalue weighted by Crippen LogP contribution is -2.20. The summed E-state index contributed by atoms with van der Waals surface area (Å²) < 4.78 is 11.9. The van der Waals surface area contributed by atoms with Crippen molar-refractivity contribution in [1.29, 1.82) is 0 Å². The van der Waals surface area contributed by atoms with E-state index in [9.17, 15) is 0 Å². The van der Waals surface area contributed by atoms with Crippen LogP contribution in [0.4, 0.5) is 0 Å². The number of aromatic nitrogens is 5. The molecule has 0 saturated carbocycles. The minimum atomic E-state index is -0.0910. The number of H-pyrrole nitrogens is 1. The first-order chi connectivity index (χ1) is 13.9. The molecule has 142 valence electrons. The predicted molar refractivity (Wildman–Crippen MR) is 105 cm³/mol. The van der Waals surface area contributed by atoms with Gasteiger partial charge in [0.2, 0.25) is 0 Å². The van der Waals surface area contributed by atoms with Gasteiger partial charge in [0.15, 0.2) is 5.82 Å². The van der Waals surface area contributed by atoms with Crippen molar-refractivity contribution in [3.05, 3.63) is 78.2 Å². The fraction of sp³-hybridized carbons (Fsp3) is 0.238. The van der Waals surface area contributed by atoms with Gasteiger partial charge in [-0.25, -0.2) is 5.10 Å². The number of rotatable bonds is 9. The van der Waals surface area contributed by atoms with Crippen molar-refractivity contribution in [2.45, 2.75) is 25.6 Å². The minimum Gasteiger partial charge on any atom is -0.493 e. The first-order valence-corrected chi connectivity index (χ1v) is 9.23. The summed E-state index contributed by atoms with van der Waals surface area (Å²) in [5.41, 5.74) is 1.86. The molecule has 7 heteroatoms. The molecule has 0 radical (unpaired) electrons. The lowest BCUT2D eigenvalue weighted by atomic mass is 10.2. The summed E-state index contributed by atoms with van der Waals surface area (Å²) in [7, 11) is 0. The molecule has 1 unspecified atom stereocenters. The molecule has 4 aromatic rings. The van der Waals surface area contributed by atoms with Gasteiger partial charge in [0.05, 0.1) is 30.5 Å². The number of para-hydroxylation sites is 2. The van der Waals surface area contributed by atoms with E-state index < -0.39 is 0 Å². The average molecular weight is 375 g/mol. The first kappa shape index (κ1) is 18.1. The fourth-order valence-corrected chi connectivity index (χ4v) is 2.94. The number of aromatic amines is 1. The van der Waals surface area contributed by atoms with Crippen LogP contribution in [0.25, 0.3) is 10.9 Å². The molecular weight excluding hydrogens is 354 g/mol. The SMILES string of the molecule is c1ccc(OCCC(Cc2nnn[nH]2)OCc2ccc3ccccc3n2)cc1. The van der Waals surface area contributed by atoms with Crippen LogP contribution in [0.15, 0.2) is 66.7 Å². The van der Waals surface area contributed by atoms with Crippen LogP contribution >= 0.6 is 0 Å². The summed E-state index contributed by atoms with van der Waals surface area (Å²) >= 11 is 0. The molecule has 2 aromatic heterocycles. The van der Waals surface area contributed by atoms with Crippen LogP contribution in [-0.2, 0) is 17.8 Å². The van der Waals surface area contributed by atoms with Crippen molar-refractivity contribution in [3.63, 3.8) is 0 Å². The van der Waals surface area contributed by atoms with Gasteiger partial charge < -0.3 is 9.47 Å². The van der Waals surface area contributed by atoms with E-state index in [1.165, 1.54) is 0 Å². The van der Waals surface area contributed by atoms with Gasteiger partial charge >= 0.3 is 0 Å². The second kappa shape index (κ2) is 9.05. The van der Waals surface area contributed by atoms with E-state index in [2.05, 4.69) is 31.7 Å². The number of pyridine rings is 1. The molecule has 0 fully saturated rings. The van der Waals surface area contributed by atoms with Gasteiger partial charge in [-0.2, -0.15) is 0 Å². The van der Waals surface area contributed by atoms with E-state index in [4.69, 9.17) is 9.47 Å². The van der Waals surface area contributed by atoms with Crippen molar-refractivity contribution in [2.75, 3.05) is 6.61 Å². The number of hydrogen-bond donors (Lipinski definition) is 1. The van der Waals surface area contributed by atoms with Crippen molar-refractivity contribution >= 4 is 10.9 Å². The predicted octanol–water partition coefficient (Wildman–Crippen LogP) is 3.34. The smallest absolute Gasteiger partial charge is 0.151 e. The quantitative estimate of drug-likeness (QED) is 0.483. The highest BCUT2D eigenvalue weighted by Crippen LogP contribution is 2.15. The van der Waals surface area contributed by atoms with Crippen LogP contribution < -0.4 is 4.74 Å². The van der Waals surface area contributed by atoms with Crippen molar-refractivity contribution < 1.29 is 9.47 Å². The molecule has 1 N–H and O–H groups in total. The molecule has 1 atom stereocenters. The van der Waals surface area contributed by atoms with Crippen molar-refractivity contribution in [2.24, 2.45) is 0 Å². The number of ether oxygens (including phenoxy) is 2. The zero-order valence-electron chi connectivity index (χ0n) is 15.4. The molecule has 7 nitrogen and oxygen atoms in total. The second-order valence-corrected chi connectivity index (χ2v) is 6.43. The highest BCUT2D eigenvalue weighted by atomic mass is 16.5. The Hall–Kier alpha value is -3.32. The number of nitrogens with one attached hydrogen (secondary N) is 1. The Morgan fingerprint density at radius 3 is 2.64 bits per heavy atom. The van der Waals surface area contributed by atoms with Gasteiger partial charge in [-0.05, 0) is 34.7 Å². The Morgan fingerprint density at radius 2 is 1.79 bits per heavy atom. The fourth-order valence-electron chi connectivity index (χ4n) is 2.94. The summed E-state index contributed by atoms with van der Waals surface area (Å²) in [6, 6.07) is 21.9. The lowest BCUT2D eigenvalue weighted by molar-refractivity contribution is 0.0240. The maximum absolute atomic E-state index is 6.13. The van der Waals surface area contributed by atoms with Gasteiger partial charge in [-0.15, -0.1) is 5.10 Å². The molecule has 0 spiro atoms. The zero-order chi connectivity index (χ0) is 19.0. The Labute approximate surface area is 162 Å². The van der Waals surface area contributed by atoms with E-state index in [0.29, 0.717) is 31.9 Å². The highest BCUT2D eigenvalue weighted by Gasteiger charge is 2.14. The molecule has 0 aliphatic heterocycles. The number of hydrogen-bond acceptors (Lipinski definition) is 6. The monoisotopic (exact) mass is 375 g/mol. The van der Waals surface area contributed by atoms with Crippen LogP contribution in [-0.4, -0.2) is 38.3 Å². The van der Waals surface area contributed by atoms with Crippen LogP contribution in [0.5, 0.6) is 5.75 Å². The van der Waals surface area contributed by atoms with Gasteiger partial charge in [0.1, 0.15) is 5.75 Å². The highest BCUT2D eigenvalue weighted by molar-refractivity contribution is 5.78. The number of fused-ring (bicyclic) bond motifs is 1. The molecule has 0 bridgehead atoms. The topological polar surface area (TPSA) is 85.8 Å². The van der Waals surface area contributed by atoms with E-state index >= 15 is 0 Å². The third-order valence-electron chi connectivity index (χ3n) is 4.39. The standard InChI is InChI=1S/C21H21N5O2/c1-2-7-18(8-3-1)27-13-12-19(14-21-23-25-26-24-21)28-15-17-11-10-16-6-4-5-9-20(16)22-17/h1-11,19H,12-15H2,(H,23,24,25,26). The Bertz CT molecular complexity index is 992. The molecule has 4 rings (SSSR count). The zero-order valence-corrected chi connectivity index (χ0v) is 15.4. The van der Waals surface area contributed by atoms with E-state index in [1.807, 2.05) is 60.7 Å². The van der Waals surface area contributed by atoms with Crippen LogP contribution in [0.1, 0.15) is 17.9 Å². The third kappa shape index (κ3) is 4.89. The van der Waals surface area contributed by atoms with Gasteiger partial charge in [0, 0.05) is 18.2 Å². The Morgan fingerprint density at radius 1 is 0.929 bits per heavy atom. The lowest BCUT2D eigenvalue weighted by Gasteiger charge is -2.17. The second-order valence-electron chi connectivity index (χ2n) is 6.43. The van der Waals surface area contributed by atoms with Gasteiger partial charge in [-0.3, -0.25) is 4.98 Å². The maximum Gasteiger partial charge on any atom is 0.151 e. The third-order valence-corrected chi connectivity index (χ3v) is 4.39. The summed E-state index contributed by atoms with van der Waals surface area (Å²) in [4.78, 5) is 4.67. The van der Waals surface area contributed by atoms with Crippen molar-refractivity contribution in [3.8, 4) is 5.75 Å². The summed E-state index contributed by atoms with van der Waals surface area (Å²) in [5.74, 6) is 1.54. The number of tetrazole rings is 1. The van der Waals surface area contributed by atoms with E-state index in [0.717, 1.165) is 22.3 Å². The van der Waals surface area contributed by atoms with Gasteiger partial charge in [-0.1, -0.05) is 42.5 Å². The molecule has 0 aliphatic carbocycles. The van der Waals surface area contributed by atoms with Crippen LogP contribution in [0.3, 0.4) is 0 Å². The first-order valence-electron chi connectivity index (χ1n) is 9.23. The Kier molecular flexibility index (Phi) is 5.84. The minimum absolute atomic E-state index is 0.0910. The molecule has 0 aliphatic rings. The molecule has 28 heavy (non-hydrogen) atoms. The maximum atomic E-state index is 6.13. The van der Waals surface area contributed by atoms with Crippen molar-refractivity contribution in [1.82, 2.24) is 25.6 Å². The van der Waals surface area contributed by atoms with Crippen LogP contribution in [0, 0.1) is 0 Å².